The summed E-state index contributed by atoms with van der Waals surface area (Å²) in [6.07, 6.45) is 3.20. The van der Waals surface area contributed by atoms with E-state index in [0.29, 0.717) is 24.6 Å². The lowest BCUT2D eigenvalue weighted by molar-refractivity contribution is 0.470. The zero-order chi connectivity index (χ0) is 10.7. The zero-order valence-corrected chi connectivity index (χ0v) is 8.69. The van der Waals surface area contributed by atoms with Crippen LogP contribution < -0.4 is 5.73 Å². The van der Waals surface area contributed by atoms with Gasteiger partial charge in [0.25, 0.3) is 0 Å². The van der Waals surface area contributed by atoms with E-state index in [1.807, 2.05) is 19.1 Å². The lowest BCUT2D eigenvalue weighted by Gasteiger charge is -1.91. The maximum absolute atomic E-state index is 5.55. The summed E-state index contributed by atoms with van der Waals surface area (Å²) in [4.78, 5) is 4.11. The van der Waals surface area contributed by atoms with Crippen molar-refractivity contribution in [2.45, 2.75) is 19.8 Å². The van der Waals surface area contributed by atoms with Crippen molar-refractivity contribution in [2.24, 2.45) is 5.73 Å². The number of hydrogen-bond acceptors (Lipinski definition) is 4. The number of aromatic nitrogens is 1. The molecule has 0 radical (unpaired) electrons. The van der Waals surface area contributed by atoms with Crippen LogP contribution in [0.3, 0.4) is 0 Å². The van der Waals surface area contributed by atoms with Crippen LogP contribution in [0.4, 0.5) is 0 Å². The zero-order valence-electron chi connectivity index (χ0n) is 8.69. The predicted octanol–water partition coefficient (Wildman–Crippen LogP) is 2.00. The van der Waals surface area contributed by atoms with Crippen molar-refractivity contribution in [2.75, 3.05) is 6.54 Å². The molecule has 0 atom stereocenters. The van der Waals surface area contributed by atoms with Crippen LogP contribution in [0.2, 0.25) is 0 Å². The number of nitrogens with two attached hydrogens (primary N) is 1. The number of aryl methyl sites for hydroxylation is 1. The van der Waals surface area contributed by atoms with Gasteiger partial charge in [-0.25, -0.2) is 4.98 Å². The third kappa shape index (κ3) is 2.10. The molecule has 0 aliphatic carbocycles. The standard InChI is InChI=1S/C11H14N2O2/c1-2-8-3-4-9(14-8)10-7-13-11(15-10)5-6-12/h3-4,7H,2,5-6,12H2,1H3. The molecule has 0 aliphatic rings. The van der Waals surface area contributed by atoms with Crippen molar-refractivity contribution in [3.8, 4) is 11.5 Å². The van der Waals surface area contributed by atoms with E-state index in [-0.39, 0.29) is 0 Å². The summed E-state index contributed by atoms with van der Waals surface area (Å²) in [5.41, 5.74) is 5.41. The number of oxazole rings is 1. The maximum atomic E-state index is 5.55. The fourth-order valence-electron chi connectivity index (χ4n) is 1.36. The molecule has 0 spiro atoms. The first-order chi connectivity index (χ1) is 7.33. The van der Waals surface area contributed by atoms with E-state index in [0.717, 1.165) is 17.9 Å². The summed E-state index contributed by atoms with van der Waals surface area (Å²) in [6.45, 7) is 2.58. The van der Waals surface area contributed by atoms with Gasteiger partial charge >= 0.3 is 0 Å². The van der Waals surface area contributed by atoms with Gasteiger partial charge in [-0.15, -0.1) is 0 Å². The Morgan fingerprint density at radius 2 is 2.13 bits per heavy atom. The second-order valence-corrected chi connectivity index (χ2v) is 3.28. The highest BCUT2D eigenvalue weighted by Gasteiger charge is 2.09. The molecular weight excluding hydrogens is 192 g/mol. The van der Waals surface area contributed by atoms with Crippen molar-refractivity contribution >= 4 is 0 Å². The van der Waals surface area contributed by atoms with Gasteiger partial charge in [0, 0.05) is 19.4 Å². The van der Waals surface area contributed by atoms with Gasteiger partial charge in [0.1, 0.15) is 5.76 Å². The van der Waals surface area contributed by atoms with Crippen LogP contribution in [0.15, 0.2) is 27.2 Å². The molecule has 2 heterocycles. The molecule has 4 heteroatoms. The second-order valence-electron chi connectivity index (χ2n) is 3.28. The Kier molecular flexibility index (Phi) is 2.87. The van der Waals surface area contributed by atoms with E-state index in [4.69, 9.17) is 14.6 Å². The van der Waals surface area contributed by atoms with Crippen molar-refractivity contribution in [1.29, 1.82) is 0 Å². The highest BCUT2D eigenvalue weighted by molar-refractivity contribution is 5.48. The van der Waals surface area contributed by atoms with Gasteiger partial charge in [0.05, 0.1) is 6.20 Å². The third-order valence-corrected chi connectivity index (χ3v) is 2.16. The van der Waals surface area contributed by atoms with Crippen LogP contribution in [-0.2, 0) is 12.8 Å². The summed E-state index contributed by atoms with van der Waals surface area (Å²) >= 11 is 0. The molecule has 0 saturated heterocycles. The van der Waals surface area contributed by atoms with Gasteiger partial charge in [-0.05, 0) is 12.1 Å². The van der Waals surface area contributed by atoms with E-state index in [9.17, 15) is 0 Å². The van der Waals surface area contributed by atoms with E-state index in [1.165, 1.54) is 0 Å². The Bertz CT molecular complexity index is 431. The van der Waals surface area contributed by atoms with E-state index < -0.39 is 0 Å². The third-order valence-electron chi connectivity index (χ3n) is 2.16. The lowest BCUT2D eigenvalue weighted by atomic mass is 10.3. The molecule has 0 aliphatic heterocycles. The molecule has 2 N–H and O–H groups in total. The minimum atomic E-state index is 0.540. The predicted molar refractivity (Wildman–Crippen MR) is 56.3 cm³/mol. The van der Waals surface area contributed by atoms with Crippen molar-refractivity contribution in [3.63, 3.8) is 0 Å². The minimum Gasteiger partial charge on any atom is -0.458 e. The van der Waals surface area contributed by atoms with Gasteiger partial charge in [0.2, 0.25) is 0 Å². The average molecular weight is 206 g/mol. The molecule has 0 fully saturated rings. The quantitative estimate of drug-likeness (QED) is 0.830. The highest BCUT2D eigenvalue weighted by atomic mass is 16.4. The summed E-state index contributed by atoms with van der Waals surface area (Å²) in [6, 6.07) is 3.84. The fraction of sp³-hybridized carbons (Fsp3) is 0.364. The van der Waals surface area contributed by atoms with E-state index in [1.54, 1.807) is 6.20 Å². The van der Waals surface area contributed by atoms with Crippen LogP contribution in [-0.4, -0.2) is 11.5 Å². The van der Waals surface area contributed by atoms with Gasteiger partial charge < -0.3 is 14.6 Å². The maximum Gasteiger partial charge on any atom is 0.196 e. The number of rotatable bonds is 4. The van der Waals surface area contributed by atoms with Crippen LogP contribution >= 0.6 is 0 Å². The summed E-state index contributed by atoms with van der Waals surface area (Å²) in [5.74, 6) is 2.99. The van der Waals surface area contributed by atoms with Crippen molar-refractivity contribution in [1.82, 2.24) is 4.98 Å². The normalized spacial score (nSPS) is 10.8. The van der Waals surface area contributed by atoms with Gasteiger partial charge in [0.15, 0.2) is 17.4 Å². The molecular formula is C11H14N2O2. The van der Waals surface area contributed by atoms with E-state index >= 15 is 0 Å². The summed E-state index contributed by atoms with van der Waals surface area (Å²) < 4.78 is 11.0. The van der Waals surface area contributed by atoms with Crippen LogP contribution in [0.1, 0.15) is 18.6 Å². The monoisotopic (exact) mass is 206 g/mol. The smallest absolute Gasteiger partial charge is 0.196 e. The second kappa shape index (κ2) is 4.31. The number of furan rings is 1. The number of nitrogens with zero attached hydrogens (tertiary/aromatic N) is 1. The first kappa shape index (κ1) is 9.98. The largest absolute Gasteiger partial charge is 0.458 e. The molecule has 0 saturated carbocycles. The summed E-state index contributed by atoms with van der Waals surface area (Å²) in [5, 5.41) is 0. The molecule has 2 rings (SSSR count). The number of hydrogen-bond donors (Lipinski definition) is 1. The topological polar surface area (TPSA) is 65.2 Å². The van der Waals surface area contributed by atoms with Crippen LogP contribution in [0.5, 0.6) is 0 Å². The molecule has 15 heavy (non-hydrogen) atoms. The van der Waals surface area contributed by atoms with E-state index in [2.05, 4.69) is 4.98 Å². The highest BCUT2D eigenvalue weighted by Crippen LogP contribution is 2.23. The molecule has 80 valence electrons. The molecule has 0 unspecified atom stereocenters. The van der Waals surface area contributed by atoms with Crippen LogP contribution in [0, 0.1) is 0 Å². The van der Waals surface area contributed by atoms with Gasteiger partial charge in [-0.3, -0.25) is 0 Å². The Morgan fingerprint density at radius 3 is 2.80 bits per heavy atom. The average Bonchev–Trinajstić information content (AvgIpc) is 2.85. The SMILES string of the molecule is CCc1ccc(-c2cnc(CCN)o2)o1. The Labute approximate surface area is 88.1 Å². The van der Waals surface area contributed by atoms with Crippen molar-refractivity contribution in [3.05, 3.63) is 30.0 Å². The first-order valence-electron chi connectivity index (χ1n) is 5.07. The first-order valence-corrected chi connectivity index (χ1v) is 5.07. The van der Waals surface area contributed by atoms with Crippen LogP contribution in [0.25, 0.3) is 11.5 Å². The summed E-state index contributed by atoms with van der Waals surface area (Å²) in [7, 11) is 0. The molecule has 0 bridgehead atoms. The molecule has 2 aromatic rings. The molecule has 0 aromatic carbocycles. The minimum absolute atomic E-state index is 0.540. The Morgan fingerprint density at radius 1 is 1.27 bits per heavy atom. The lowest BCUT2D eigenvalue weighted by Crippen LogP contribution is -2.02. The molecule has 0 amide bonds. The Balaban J connectivity index is 2.21. The Hall–Kier alpha value is -1.55. The van der Waals surface area contributed by atoms with Gasteiger partial charge in [-0.2, -0.15) is 0 Å². The molecule has 4 nitrogen and oxygen atoms in total. The fourth-order valence-corrected chi connectivity index (χ4v) is 1.36. The molecule has 2 aromatic heterocycles. The van der Waals surface area contributed by atoms with Crippen molar-refractivity contribution < 1.29 is 8.83 Å². The van der Waals surface area contributed by atoms with Gasteiger partial charge in [-0.1, -0.05) is 6.92 Å².